The summed E-state index contributed by atoms with van der Waals surface area (Å²) in [6.45, 7) is 7.45. The first-order valence-electron chi connectivity index (χ1n) is 9.64. The summed E-state index contributed by atoms with van der Waals surface area (Å²) in [5.74, 6) is 0.603. The van der Waals surface area contributed by atoms with Crippen LogP contribution in [-0.2, 0) is 21.5 Å². The first-order valence-corrected chi connectivity index (χ1v) is 9.64. The molecule has 1 amide bonds. The number of nitrogens with zero attached hydrogens (tertiary/aromatic N) is 1. The van der Waals surface area contributed by atoms with Crippen molar-refractivity contribution in [1.29, 1.82) is 0 Å². The van der Waals surface area contributed by atoms with Gasteiger partial charge in [0, 0.05) is 13.6 Å². The topological polar surface area (TPSA) is 65.1 Å². The molecule has 0 radical (unpaired) electrons. The Morgan fingerprint density at radius 2 is 1.66 bits per heavy atom. The molecule has 154 valence electrons. The molecule has 0 fully saturated rings. The average molecular weight is 397 g/mol. The Balaban J connectivity index is 1.52. The van der Waals surface area contributed by atoms with Crippen molar-refractivity contribution in [2.75, 3.05) is 26.9 Å². The Kier molecular flexibility index (Phi) is 6.11. The number of benzene rings is 2. The molecule has 1 aliphatic rings. The number of carbonyl (C=O) groups excluding carboxylic acids is 2. The Hall–Kier alpha value is -3.02. The van der Waals surface area contributed by atoms with Crippen LogP contribution in [0.5, 0.6) is 11.5 Å². The third-order valence-corrected chi connectivity index (χ3v) is 4.77. The van der Waals surface area contributed by atoms with Crippen molar-refractivity contribution >= 4 is 11.9 Å². The molecular formula is C23H27NO5. The van der Waals surface area contributed by atoms with Crippen LogP contribution in [0.25, 0.3) is 0 Å². The summed E-state index contributed by atoms with van der Waals surface area (Å²) >= 11 is 0. The van der Waals surface area contributed by atoms with Crippen molar-refractivity contribution in [3.05, 3.63) is 59.2 Å². The van der Waals surface area contributed by atoms with Gasteiger partial charge in [-0.1, -0.05) is 39.0 Å². The molecule has 6 nitrogen and oxygen atoms in total. The number of ether oxygens (including phenoxy) is 3. The van der Waals surface area contributed by atoms with Gasteiger partial charge in [0.05, 0.1) is 5.56 Å². The maximum atomic E-state index is 12.4. The van der Waals surface area contributed by atoms with Crippen LogP contribution in [-0.4, -0.2) is 43.6 Å². The number of carbonyl (C=O) groups is 2. The Morgan fingerprint density at radius 3 is 2.31 bits per heavy atom. The van der Waals surface area contributed by atoms with Crippen LogP contribution >= 0.6 is 0 Å². The number of hydrogen-bond acceptors (Lipinski definition) is 5. The average Bonchev–Trinajstić information content (AvgIpc) is 2.71. The molecule has 1 heterocycles. The van der Waals surface area contributed by atoms with Gasteiger partial charge in [-0.25, -0.2) is 4.79 Å². The van der Waals surface area contributed by atoms with Crippen molar-refractivity contribution in [2.45, 2.75) is 32.7 Å². The van der Waals surface area contributed by atoms with Crippen molar-refractivity contribution in [2.24, 2.45) is 0 Å². The highest BCUT2D eigenvalue weighted by molar-refractivity contribution is 5.91. The van der Waals surface area contributed by atoms with Gasteiger partial charge in [0.15, 0.2) is 18.1 Å². The van der Waals surface area contributed by atoms with Crippen LogP contribution in [0.4, 0.5) is 0 Å². The molecule has 0 saturated carbocycles. The molecule has 0 unspecified atom stereocenters. The Labute approximate surface area is 171 Å². The van der Waals surface area contributed by atoms with E-state index in [1.807, 2.05) is 30.3 Å². The van der Waals surface area contributed by atoms with E-state index in [-0.39, 0.29) is 17.9 Å². The monoisotopic (exact) mass is 397 g/mol. The molecule has 0 atom stereocenters. The van der Waals surface area contributed by atoms with Crippen molar-refractivity contribution in [3.8, 4) is 11.5 Å². The molecule has 0 bridgehead atoms. The standard InChI is InChI=1S/C23H27NO5/c1-23(2,3)18-8-6-17(7-9-18)22(26)29-15-21(25)24(4)14-16-5-10-19-20(13-16)28-12-11-27-19/h5-10,13H,11-12,14-15H2,1-4H3. The number of fused-ring (bicyclic) bond motifs is 1. The van der Waals surface area contributed by atoms with Crippen LogP contribution in [0.3, 0.4) is 0 Å². The van der Waals surface area contributed by atoms with E-state index in [9.17, 15) is 9.59 Å². The van der Waals surface area contributed by atoms with Gasteiger partial charge in [-0.15, -0.1) is 0 Å². The molecule has 0 spiro atoms. The first-order chi connectivity index (χ1) is 13.7. The van der Waals surface area contributed by atoms with Crippen LogP contribution in [0.15, 0.2) is 42.5 Å². The second-order valence-electron chi connectivity index (χ2n) is 8.13. The number of rotatable bonds is 5. The third-order valence-electron chi connectivity index (χ3n) is 4.77. The zero-order valence-electron chi connectivity index (χ0n) is 17.4. The summed E-state index contributed by atoms with van der Waals surface area (Å²) in [7, 11) is 1.67. The zero-order chi connectivity index (χ0) is 21.0. The summed E-state index contributed by atoms with van der Waals surface area (Å²) in [4.78, 5) is 26.1. The summed E-state index contributed by atoms with van der Waals surface area (Å²) in [6, 6.07) is 12.9. The number of esters is 1. The quantitative estimate of drug-likeness (QED) is 0.722. The number of likely N-dealkylation sites (N-methyl/N-ethyl adjacent to an activating group) is 1. The van der Waals surface area contributed by atoms with Crippen LogP contribution in [0, 0.1) is 0 Å². The normalized spacial score (nSPS) is 13.0. The molecular weight excluding hydrogens is 370 g/mol. The molecule has 0 N–H and O–H groups in total. The van der Waals surface area contributed by atoms with E-state index in [1.165, 1.54) is 4.90 Å². The van der Waals surface area contributed by atoms with E-state index in [2.05, 4.69) is 20.8 Å². The molecule has 0 aromatic heterocycles. The van der Waals surface area contributed by atoms with Gasteiger partial charge in [0.25, 0.3) is 5.91 Å². The highest BCUT2D eigenvalue weighted by Gasteiger charge is 2.18. The Bertz CT molecular complexity index is 883. The highest BCUT2D eigenvalue weighted by Crippen LogP contribution is 2.31. The van der Waals surface area contributed by atoms with Crippen molar-refractivity contribution in [1.82, 2.24) is 4.90 Å². The van der Waals surface area contributed by atoms with Gasteiger partial charge in [-0.2, -0.15) is 0 Å². The molecule has 2 aromatic rings. The molecule has 2 aromatic carbocycles. The second kappa shape index (κ2) is 8.55. The minimum absolute atomic E-state index is 0.00889. The molecule has 0 saturated heterocycles. The SMILES string of the molecule is CN(Cc1ccc2c(c1)OCCO2)C(=O)COC(=O)c1ccc(C(C)(C)C)cc1. The van der Waals surface area contributed by atoms with Gasteiger partial charge < -0.3 is 19.1 Å². The molecule has 3 rings (SSSR count). The molecule has 29 heavy (non-hydrogen) atoms. The van der Waals surface area contributed by atoms with Crippen LogP contribution in [0.2, 0.25) is 0 Å². The van der Waals surface area contributed by atoms with Gasteiger partial charge in [-0.05, 0) is 40.8 Å². The van der Waals surface area contributed by atoms with E-state index < -0.39 is 5.97 Å². The van der Waals surface area contributed by atoms with Gasteiger partial charge in [-0.3, -0.25) is 4.79 Å². The van der Waals surface area contributed by atoms with E-state index in [0.717, 1.165) is 11.1 Å². The lowest BCUT2D eigenvalue weighted by Gasteiger charge is -2.21. The Morgan fingerprint density at radius 1 is 1.00 bits per heavy atom. The summed E-state index contributed by atoms with van der Waals surface area (Å²) < 4.78 is 16.3. The van der Waals surface area contributed by atoms with Gasteiger partial charge in [0.2, 0.25) is 0 Å². The van der Waals surface area contributed by atoms with E-state index in [4.69, 9.17) is 14.2 Å². The van der Waals surface area contributed by atoms with E-state index >= 15 is 0 Å². The van der Waals surface area contributed by atoms with Crippen LogP contribution < -0.4 is 9.47 Å². The van der Waals surface area contributed by atoms with Gasteiger partial charge >= 0.3 is 5.97 Å². The lowest BCUT2D eigenvalue weighted by atomic mass is 9.87. The van der Waals surface area contributed by atoms with E-state index in [0.29, 0.717) is 36.8 Å². The van der Waals surface area contributed by atoms with Crippen molar-refractivity contribution < 1.29 is 23.8 Å². The lowest BCUT2D eigenvalue weighted by molar-refractivity contribution is -0.133. The maximum absolute atomic E-state index is 12.4. The minimum Gasteiger partial charge on any atom is -0.486 e. The summed E-state index contributed by atoms with van der Waals surface area (Å²) in [6.07, 6.45) is 0. The van der Waals surface area contributed by atoms with Crippen molar-refractivity contribution in [3.63, 3.8) is 0 Å². The summed E-state index contributed by atoms with van der Waals surface area (Å²) in [5, 5.41) is 0. The molecule has 1 aliphatic heterocycles. The fourth-order valence-corrected chi connectivity index (χ4v) is 2.98. The summed E-state index contributed by atoms with van der Waals surface area (Å²) in [5.41, 5.74) is 2.48. The smallest absolute Gasteiger partial charge is 0.338 e. The number of amides is 1. The van der Waals surface area contributed by atoms with Gasteiger partial charge in [0.1, 0.15) is 13.2 Å². The minimum atomic E-state index is -0.508. The predicted molar refractivity (Wildman–Crippen MR) is 109 cm³/mol. The second-order valence-corrected chi connectivity index (χ2v) is 8.13. The predicted octanol–water partition coefficient (Wildman–Crippen LogP) is 3.57. The maximum Gasteiger partial charge on any atom is 0.338 e. The first kappa shape index (κ1) is 20.7. The zero-order valence-corrected chi connectivity index (χ0v) is 17.4. The molecule has 0 aliphatic carbocycles. The largest absolute Gasteiger partial charge is 0.486 e. The third kappa shape index (κ3) is 5.28. The fraction of sp³-hybridized carbons (Fsp3) is 0.391. The fourth-order valence-electron chi connectivity index (χ4n) is 2.98. The van der Waals surface area contributed by atoms with Crippen LogP contribution in [0.1, 0.15) is 42.3 Å². The highest BCUT2D eigenvalue weighted by atomic mass is 16.6. The number of hydrogen-bond donors (Lipinski definition) is 0. The van der Waals surface area contributed by atoms with E-state index in [1.54, 1.807) is 19.2 Å². The molecule has 6 heteroatoms. The lowest BCUT2D eigenvalue weighted by Crippen LogP contribution is -2.31.